The van der Waals surface area contributed by atoms with Crippen LogP contribution in [0.25, 0.3) is 10.9 Å². The minimum atomic E-state index is -3.88. The third kappa shape index (κ3) is 6.54. The number of aromatic nitrogens is 1. The number of methoxy groups -OCH3 is 1. The molecule has 2 heterocycles. The third-order valence-electron chi connectivity index (χ3n) is 7.89. The monoisotopic (exact) mass is 623 g/mol. The maximum atomic E-state index is 13.4. The fraction of sp³-hybridized carbons (Fsp3) is 0.176. The highest BCUT2D eigenvalue weighted by atomic mass is 32.2. The number of anilines is 2. The van der Waals surface area contributed by atoms with E-state index in [2.05, 4.69) is 43.7 Å². The number of hydrogen-bond donors (Lipinski definition) is 3. The molecule has 0 amide bonds. The molecule has 0 unspecified atom stereocenters. The van der Waals surface area contributed by atoms with Crippen LogP contribution in [0.1, 0.15) is 21.5 Å². The SMILES string of the molecule is COc1ccc(S(=O)(=O)Nc2cccc(C(=O)c3ccc4c(C=Nc5ccc(N6CCN(C)CC6)cc5)c(O)[nH]c4c3)c2)cc1. The number of fused-ring (bicyclic) bond motifs is 1. The quantitative estimate of drug-likeness (QED) is 0.148. The number of H-pyrrole nitrogens is 1. The van der Waals surface area contributed by atoms with Gasteiger partial charge in [0, 0.05) is 65.8 Å². The molecule has 0 spiro atoms. The Morgan fingerprint density at radius 3 is 2.36 bits per heavy atom. The van der Waals surface area contributed by atoms with Gasteiger partial charge < -0.3 is 24.6 Å². The molecule has 0 atom stereocenters. The Bertz CT molecular complexity index is 1980. The highest BCUT2D eigenvalue weighted by Gasteiger charge is 2.18. The van der Waals surface area contributed by atoms with Crippen LogP contribution in [0.5, 0.6) is 11.6 Å². The lowest BCUT2D eigenvalue weighted by Crippen LogP contribution is -2.44. The summed E-state index contributed by atoms with van der Waals surface area (Å²) in [5, 5.41) is 11.4. The highest BCUT2D eigenvalue weighted by molar-refractivity contribution is 7.92. The first-order valence-corrected chi connectivity index (χ1v) is 15.9. The summed E-state index contributed by atoms with van der Waals surface area (Å²) >= 11 is 0. The van der Waals surface area contributed by atoms with E-state index >= 15 is 0 Å². The van der Waals surface area contributed by atoms with Crippen molar-refractivity contribution in [3.8, 4) is 11.6 Å². The zero-order valence-electron chi connectivity index (χ0n) is 24.9. The first kappa shape index (κ1) is 29.9. The predicted molar refractivity (Wildman–Crippen MR) is 177 cm³/mol. The Kier molecular flexibility index (Phi) is 8.29. The van der Waals surface area contributed by atoms with Gasteiger partial charge in [-0.2, -0.15) is 0 Å². The van der Waals surface area contributed by atoms with Crippen molar-refractivity contribution in [2.75, 3.05) is 50.0 Å². The molecule has 0 bridgehead atoms. The van der Waals surface area contributed by atoms with Crippen LogP contribution in [0.3, 0.4) is 0 Å². The molecule has 10 nitrogen and oxygen atoms in total. The number of ether oxygens (including phenoxy) is 1. The van der Waals surface area contributed by atoms with Crippen molar-refractivity contribution < 1.29 is 23.1 Å². The average Bonchev–Trinajstić information content (AvgIpc) is 3.37. The molecule has 1 aromatic heterocycles. The van der Waals surface area contributed by atoms with E-state index in [0.29, 0.717) is 33.3 Å². The minimum absolute atomic E-state index is 0.0534. The second-order valence-corrected chi connectivity index (χ2v) is 12.6. The van der Waals surface area contributed by atoms with Crippen molar-refractivity contribution in [1.29, 1.82) is 0 Å². The van der Waals surface area contributed by atoms with Gasteiger partial charge in [-0.15, -0.1) is 0 Å². The topological polar surface area (TPSA) is 127 Å². The maximum absolute atomic E-state index is 13.4. The lowest BCUT2D eigenvalue weighted by molar-refractivity contribution is 0.103. The third-order valence-corrected chi connectivity index (χ3v) is 9.28. The van der Waals surface area contributed by atoms with Crippen molar-refractivity contribution in [2.24, 2.45) is 4.99 Å². The molecule has 230 valence electrons. The molecule has 6 rings (SSSR count). The number of carbonyl (C=O) groups excluding carboxylic acids is 1. The van der Waals surface area contributed by atoms with Gasteiger partial charge in [-0.05, 0) is 73.8 Å². The van der Waals surface area contributed by atoms with Gasteiger partial charge in [-0.25, -0.2) is 8.42 Å². The Balaban J connectivity index is 1.17. The second-order valence-electron chi connectivity index (χ2n) is 10.9. The van der Waals surface area contributed by atoms with Crippen molar-refractivity contribution >= 4 is 50.0 Å². The van der Waals surface area contributed by atoms with Gasteiger partial charge in [0.2, 0.25) is 0 Å². The molecule has 1 fully saturated rings. The molecule has 0 saturated carbocycles. The molecule has 1 aliphatic rings. The number of hydrogen-bond acceptors (Lipinski definition) is 8. The predicted octanol–water partition coefficient (Wildman–Crippen LogP) is 5.42. The lowest BCUT2D eigenvalue weighted by atomic mass is 10.0. The maximum Gasteiger partial charge on any atom is 0.261 e. The summed E-state index contributed by atoms with van der Waals surface area (Å²) < 4.78 is 33.4. The van der Waals surface area contributed by atoms with E-state index in [1.54, 1.807) is 54.7 Å². The zero-order valence-corrected chi connectivity index (χ0v) is 25.7. The molecule has 0 aliphatic carbocycles. The largest absolute Gasteiger partial charge is 0.497 e. The van der Waals surface area contributed by atoms with E-state index in [9.17, 15) is 18.3 Å². The van der Waals surface area contributed by atoms with E-state index in [-0.39, 0.29) is 22.2 Å². The smallest absolute Gasteiger partial charge is 0.261 e. The van der Waals surface area contributed by atoms with Gasteiger partial charge in [-0.3, -0.25) is 14.5 Å². The number of piperazine rings is 1. The number of nitrogens with one attached hydrogen (secondary N) is 2. The van der Waals surface area contributed by atoms with Gasteiger partial charge in [0.1, 0.15) is 5.75 Å². The van der Waals surface area contributed by atoms with Gasteiger partial charge in [0.05, 0.1) is 23.3 Å². The zero-order chi connectivity index (χ0) is 31.6. The van der Waals surface area contributed by atoms with Crippen LogP contribution < -0.4 is 14.4 Å². The normalized spacial score (nSPS) is 14.2. The Hall–Kier alpha value is -5.13. The summed E-state index contributed by atoms with van der Waals surface area (Å²) in [7, 11) is -0.241. The number of likely N-dealkylation sites (N-methyl/N-ethyl adjacent to an activating group) is 1. The molecule has 5 aromatic rings. The van der Waals surface area contributed by atoms with Crippen molar-refractivity contribution in [1.82, 2.24) is 9.88 Å². The number of rotatable bonds is 9. The second kappa shape index (κ2) is 12.5. The van der Waals surface area contributed by atoms with Gasteiger partial charge in [0.25, 0.3) is 10.0 Å². The summed E-state index contributed by atoms with van der Waals surface area (Å²) in [6, 6.07) is 25.4. The standard InChI is InChI=1S/C34H33N5O5S/c1-38-16-18-39(19-17-38)27-9-7-25(8-10-27)35-22-31-30-15-6-24(21-32(30)36-34(31)41)33(40)23-4-3-5-26(20-23)37-45(42,43)29-13-11-28(44-2)12-14-29/h3-15,20-22,36-37,41H,16-19H2,1-2H3. The number of benzene rings is 4. The van der Waals surface area contributed by atoms with Gasteiger partial charge in [0.15, 0.2) is 11.7 Å². The van der Waals surface area contributed by atoms with E-state index in [1.165, 1.54) is 25.3 Å². The lowest BCUT2D eigenvalue weighted by Gasteiger charge is -2.34. The number of sulfonamides is 1. The molecule has 11 heteroatoms. The number of aromatic hydroxyl groups is 1. The molecule has 1 aliphatic heterocycles. The van der Waals surface area contributed by atoms with Crippen LogP contribution in [0.15, 0.2) is 101 Å². The fourth-order valence-corrected chi connectivity index (χ4v) is 6.34. The Morgan fingerprint density at radius 1 is 0.933 bits per heavy atom. The summed E-state index contributed by atoms with van der Waals surface area (Å²) in [5.74, 6) is 0.189. The molecular weight excluding hydrogens is 590 g/mol. The first-order valence-electron chi connectivity index (χ1n) is 14.4. The highest BCUT2D eigenvalue weighted by Crippen LogP contribution is 2.29. The Labute approximate surface area is 261 Å². The molecule has 3 N–H and O–H groups in total. The van der Waals surface area contributed by atoms with Crippen molar-refractivity contribution in [2.45, 2.75) is 4.90 Å². The van der Waals surface area contributed by atoms with Crippen molar-refractivity contribution in [3.05, 3.63) is 108 Å². The van der Waals surface area contributed by atoms with Crippen LogP contribution in [0.4, 0.5) is 17.1 Å². The van der Waals surface area contributed by atoms with Gasteiger partial charge >= 0.3 is 0 Å². The number of carbonyl (C=O) groups is 1. The van der Waals surface area contributed by atoms with Crippen LogP contribution in [0, 0.1) is 0 Å². The number of aliphatic imine (C=N–C) groups is 1. The molecule has 0 radical (unpaired) electrons. The van der Waals surface area contributed by atoms with E-state index < -0.39 is 10.0 Å². The Morgan fingerprint density at radius 2 is 1.64 bits per heavy atom. The van der Waals surface area contributed by atoms with E-state index in [4.69, 9.17) is 4.74 Å². The summed E-state index contributed by atoms with van der Waals surface area (Å²) in [5.41, 5.74) is 3.95. The molecule has 45 heavy (non-hydrogen) atoms. The molecule has 4 aromatic carbocycles. The first-order chi connectivity index (χ1) is 21.7. The molecule has 1 saturated heterocycles. The average molecular weight is 624 g/mol. The van der Waals surface area contributed by atoms with Crippen LogP contribution in [0.2, 0.25) is 0 Å². The molecular formula is C34H33N5O5S. The van der Waals surface area contributed by atoms with Crippen LogP contribution >= 0.6 is 0 Å². The number of aromatic amines is 1. The minimum Gasteiger partial charge on any atom is -0.497 e. The summed E-state index contributed by atoms with van der Waals surface area (Å²) in [6.45, 7) is 4.04. The summed E-state index contributed by atoms with van der Waals surface area (Å²) in [6.07, 6.45) is 1.61. The van der Waals surface area contributed by atoms with E-state index in [1.807, 2.05) is 12.1 Å². The number of nitrogens with zero attached hydrogens (tertiary/aromatic N) is 3. The van der Waals surface area contributed by atoms with Crippen LogP contribution in [-0.2, 0) is 10.0 Å². The van der Waals surface area contributed by atoms with Crippen LogP contribution in [-0.4, -0.2) is 75.7 Å². The summed E-state index contributed by atoms with van der Waals surface area (Å²) in [4.78, 5) is 25.7. The van der Waals surface area contributed by atoms with Crippen molar-refractivity contribution in [3.63, 3.8) is 0 Å². The van der Waals surface area contributed by atoms with Gasteiger partial charge in [-0.1, -0.05) is 24.3 Å². The fourth-order valence-electron chi connectivity index (χ4n) is 5.29. The number of ketones is 1. The van der Waals surface area contributed by atoms with E-state index in [0.717, 1.165) is 37.6 Å².